The van der Waals surface area contributed by atoms with Gasteiger partial charge in [0, 0.05) is 36.6 Å². The number of ether oxygens (including phenoxy) is 1. The Labute approximate surface area is 226 Å². The molecule has 1 aliphatic heterocycles. The number of hydrogen-bond acceptors (Lipinski definition) is 6. The number of anilines is 1. The largest absolute Gasteiger partial charge is 0.421 e. The Morgan fingerprint density at radius 1 is 1.08 bits per heavy atom. The van der Waals surface area contributed by atoms with Crippen molar-refractivity contribution in [2.45, 2.75) is 37.8 Å². The molecule has 1 heterocycles. The first kappa shape index (κ1) is 28.4. The van der Waals surface area contributed by atoms with E-state index < -0.39 is 27.8 Å². The molecule has 2 aromatic rings. The Hall–Kier alpha value is -2.57. The standard InChI is InChI=1S/C27H29F3N2O4S2/c1-26(33,27(28,29)30)21-11-13-22(14-12-21)32-16-15-31(38(34,35)25-10-6-5-9-24(25)37)17-23(32)19-36-18-20-7-3-2-4-8-20/h2-8,10-14,23,33H,9,15-19H2,1H3/t23-,26+/m1/s1. The summed E-state index contributed by atoms with van der Waals surface area (Å²) in [5, 5.41) is 10.0. The van der Waals surface area contributed by atoms with Crippen LogP contribution >= 0.6 is 12.2 Å². The summed E-state index contributed by atoms with van der Waals surface area (Å²) in [7, 11) is -3.83. The van der Waals surface area contributed by atoms with Crippen LogP contribution in [-0.2, 0) is 27.0 Å². The van der Waals surface area contributed by atoms with Crippen molar-refractivity contribution in [1.82, 2.24) is 4.31 Å². The second kappa shape index (κ2) is 11.3. The lowest BCUT2D eigenvalue weighted by molar-refractivity contribution is -0.258. The molecule has 204 valence electrons. The van der Waals surface area contributed by atoms with Gasteiger partial charge < -0.3 is 14.7 Å². The van der Waals surface area contributed by atoms with Crippen molar-refractivity contribution in [3.8, 4) is 0 Å². The molecule has 2 atom stereocenters. The number of benzene rings is 2. The highest BCUT2D eigenvalue weighted by Gasteiger charge is 2.51. The minimum absolute atomic E-state index is 0.114. The summed E-state index contributed by atoms with van der Waals surface area (Å²) >= 11 is 5.31. The van der Waals surface area contributed by atoms with Crippen LogP contribution in [0.5, 0.6) is 0 Å². The molecule has 0 unspecified atom stereocenters. The van der Waals surface area contributed by atoms with Gasteiger partial charge in [-0.05, 0) is 36.3 Å². The molecule has 1 fully saturated rings. The van der Waals surface area contributed by atoms with Gasteiger partial charge in [-0.25, -0.2) is 8.42 Å². The third-order valence-corrected chi connectivity index (χ3v) is 9.23. The Kier molecular flexibility index (Phi) is 8.43. The van der Waals surface area contributed by atoms with Crippen LogP contribution in [-0.4, -0.2) is 61.2 Å². The molecule has 0 aromatic heterocycles. The van der Waals surface area contributed by atoms with Crippen LogP contribution in [0.1, 0.15) is 24.5 Å². The molecule has 0 amide bonds. The Bertz CT molecular complexity index is 1310. The van der Waals surface area contributed by atoms with E-state index in [1.807, 2.05) is 35.2 Å². The molecule has 2 aliphatic rings. The SMILES string of the molecule is C[C@](O)(c1ccc(N2CCN(S(=O)(=O)C3=CC=CCC3=S)C[C@@H]2COCc2ccccc2)cc1)C(F)(F)F. The lowest BCUT2D eigenvalue weighted by Crippen LogP contribution is -2.57. The number of piperazine rings is 1. The number of sulfonamides is 1. The van der Waals surface area contributed by atoms with Crippen LogP contribution < -0.4 is 4.90 Å². The number of aliphatic hydroxyl groups is 1. The van der Waals surface area contributed by atoms with Crippen molar-refractivity contribution in [2.24, 2.45) is 0 Å². The zero-order chi connectivity index (χ0) is 27.6. The molecule has 38 heavy (non-hydrogen) atoms. The average Bonchev–Trinajstić information content (AvgIpc) is 2.89. The van der Waals surface area contributed by atoms with E-state index in [0.717, 1.165) is 5.56 Å². The van der Waals surface area contributed by atoms with Crippen LogP contribution in [0.15, 0.2) is 77.7 Å². The number of nitrogens with zero attached hydrogens (tertiary/aromatic N) is 2. The monoisotopic (exact) mass is 566 g/mol. The van der Waals surface area contributed by atoms with E-state index in [-0.39, 0.29) is 30.2 Å². The number of alkyl halides is 3. The van der Waals surface area contributed by atoms with Gasteiger partial charge in [0.1, 0.15) is 0 Å². The number of hydrogen-bond donors (Lipinski definition) is 1. The fraction of sp³-hybridized carbons (Fsp3) is 0.370. The van der Waals surface area contributed by atoms with Crippen molar-refractivity contribution in [2.75, 3.05) is 31.1 Å². The molecule has 1 aliphatic carbocycles. The second-order valence-corrected chi connectivity index (χ2v) is 11.8. The summed E-state index contributed by atoms with van der Waals surface area (Å²) in [6, 6.07) is 14.6. The molecular weight excluding hydrogens is 537 g/mol. The Morgan fingerprint density at radius 3 is 2.39 bits per heavy atom. The molecule has 0 saturated carbocycles. The zero-order valence-electron chi connectivity index (χ0n) is 20.8. The fourth-order valence-corrected chi connectivity index (χ4v) is 6.52. The Morgan fingerprint density at radius 2 is 1.76 bits per heavy atom. The maximum atomic E-state index is 13.4. The smallest absolute Gasteiger partial charge is 0.376 e. The van der Waals surface area contributed by atoms with E-state index in [0.29, 0.717) is 37.0 Å². The van der Waals surface area contributed by atoms with Gasteiger partial charge in [-0.15, -0.1) is 0 Å². The summed E-state index contributed by atoms with van der Waals surface area (Å²) in [5.41, 5.74) is -1.70. The normalized spacial score (nSPS) is 20.8. The van der Waals surface area contributed by atoms with Gasteiger partial charge in [0.15, 0.2) is 5.60 Å². The second-order valence-electron chi connectivity index (χ2n) is 9.41. The number of halogens is 3. The van der Waals surface area contributed by atoms with E-state index in [2.05, 4.69) is 0 Å². The number of allylic oxidation sites excluding steroid dienone is 4. The van der Waals surface area contributed by atoms with E-state index >= 15 is 0 Å². The highest BCUT2D eigenvalue weighted by molar-refractivity contribution is 7.96. The first-order valence-corrected chi connectivity index (χ1v) is 13.9. The summed E-state index contributed by atoms with van der Waals surface area (Å²) in [5.74, 6) is 0. The van der Waals surface area contributed by atoms with Crippen molar-refractivity contribution < 1.29 is 31.4 Å². The third-order valence-electron chi connectivity index (χ3n) is 6.76. The summed E-state index contributed by atoms with van der Waals surface area (Å²) in [6.07, 6.45) is 0.555. The topological polar surface area (TPSA) is 70.1 Å². The minimum atomic E-state index is -4.83. The lowest BCUT2D eigenvalue weighted by Gasteiger charge is -2.42. The van der Waals surface area contributed by atoms with Crippen molar-refractivity contribution in [3.05, 3.63) is 88.9 Å². The van der Waals surface area contributed by atoms with E-state index in [1.54, 1.807) is 12.2 Å². The molecule has 0 bridgehead atoms. The van der Waals surface area contributed by atoms with Gasteiger partial charge in [-0.2, -0.15) is 17.5 Å². The summed E-state index contributed by atoms with van der Waals surface area (Å²) in [4.78, 5) is 2.40. The fourth-order valence-electron chi connectivity index (χ4n) is 4.45. The minimum Gasteiger partial charge on any atom is -0.376 e. The third kappa shape index (κ3) is 6.02. The molecule has 1 N–H and O–H groups in total. The van der Waals surface area contributed by atoms with Crippen molar-refractivity contribution in [1.29, 1.82) is 0 Å². The molecule has 0 spiro atoms. The van der Waals surface area contributed by atoms with Gasteiger partial charge in [0.25, 0.3) is 0 Å². The van der Waals surface area contributed by atoms with Crippen LogP contribution in [0.2, 0.25) is 0 Å². The lowest BCUT2D eigenvalue weighted by atomic mass is 9.95. The van der Waals surface area contributed by atoms with Crippen molar-refractivity contribution >= 4 is 32.8 Å². The van der Waals surface area contributed by atoms with Gasteiger partial charge in [0.05, 0.1) is 24.2 Å². The predicted octanol–water partition coefficient (Wildman–Crippen LogP) is 4.71. The summed E-state index contributed by atoms with van der Waals surface area (Å²) in [6.45, 7) is 1.80. The molecule has 11 heteroatoms. The molecule has 2 aromatic carbocycles. The van der Waals surface area contributed by atoms with Gasteiger partial charge in [-0.3, -0.25) is 0 Å². The van der Waals surface area contributed by atoms with Gasteiger partial charge in [-0.1, -0.05) is 66.8 Å². The van der Waals surface area contributed by atoms with Gasteiger partial charge >= 0.3 is 6.18 Å². The molecule has 6 nitrogen and oxygen atoms in total. The maximum absolute atomic E-state index is 13.4. The van der Waals surface area contributed by atoms with Gasteiger partial charge in [0.2, 0.25) is 10.0 Å². The average molecular weight is 567 g/mol. The van der Waals surface area contributed by atoms with Crippen LogP contribution in [0, 0.1) is 0 Å². The molecule has 4 rings (SSSR count). The van der Waals surface area contributed by atoms with Crippen LogP contribution in [0.25, 0.3) is 0 Å². The van der Waals surface area contributed by atoms with E-state index in [9.17, 15) is 26.7 Å². The molecular formula is C27H29F3N2O4S2. The highest BCUT2D eigenvalue weighted by Crippen LogP contribution is 2.39. The highest BCUT2D eigenvalue weighted by atomic mass is 32.2. The molecule has 1 saturated heterocycles. The first-order valence-electron chi connectivity index (χ1n) is 12.1. The first-order chi connectivity index (χ1) is 17.9. The van der Waals surface area contributed by atoms with E-state index in [4.69, 9.17) is 17.0 Å². The maximum Gasteiger partial charge on any atom is 0.421 e. The number of rotatable bonds is 8. The zero-order valence-corrected chi connectivity index (χ0v) is 22.4. The predicted molar refractivity (Wildman–Crippen MR) is 144 cm³/mol. The quantitative estimate of drug-likeness (QED) is 0.467. The van der Waals surface area contributed by atoms with Crippen LogP contribution in [0.3, 0.4) is 0 Å². The Balaban J connectivity index is 1.56. The van der Waals surface area contributed by atoms with E-state index in [1.165, 1.54) is 34.6 Å². The van der Waals surface area contributed by atoms with Crippen molar-refractivity contribution in [3.63, 3.8) is 0 Å². The number of thiocarbonyl (C=S) groups is 1. The summed E-state index contributed by atoms with van der Waals surface area (Å²) < 4.78 is 74.1. The molecule has 0 radical (unpaired) electrons. The van der Waals surface area contributed by atoms with Crippen LogP contribution in [0.4, 0.5) is 18.9 Å².